The Hall–Kier alpha value is -3.60. The summed E-state index contributed by atoms with van der Waals surface area (Å²) in [6.07, 6.45) is 0. The first-order chi connectivity index (χ1) is 13.9. The first kappa shape index (κ1) is 18.7. The van der Waals surface area contributed by atoms with Crippen LogP contribution in [0.1, 0.15) is 10.4 Å². The zero-order chi connectivity index (χ0) is 20.7. The highest BCUT2D eigenvalue weighted by Crippen LogP contribution is 2.41. The Morgan fingerprint density at radius 2 is 1.72 bits per heavy atom. The summed E-state index contributed by atoms with van der Waals surface area (Å²) in [6.45, 7) is 0. The number of rotatable bonds is 3. The van der Waals surface area contributed by atoms with Gasteiger partial charge in [-0.3, -0.25) is 0 Å². The summed E-state index contributed by atoms with van der Waals surface area (Å²) < 4.78 is 8.30. The number of aromatic carboxylic acids is 1. The van der Waals surface area contributed by atoms with Crippen molar-refractivity contribution in [2.45, 2.75) is 0 Å². The number of carbonyl (C=O) groups is 1. The molecule has 0 spiro atoms. The monoisotopic (exact) mass is 387 g/mol. The van der Waals surface area contributed by atoms with E-state index in [9.17, 15) is 9.90 Å². The number of hydrogen-bond donors (Lipinski definition) is 1. The van der Waals surface area contributed by atoms with Crippen molar-refractivity contribution < 1.29 is 14.3 Å². The van der Waals surface area contributed by atoms with Crippen molar-refractivity contribution in [2.24, 2.45) is 0 Å². The summed E-state index contributed by atoms with van der Waals surface area (Å²) in [5.41, 5.74) is 4.44. The maximum Gasteiger partial charge on any atom is 0.336 e. The second-order valence-electron chi connectivity index (χ2n) is 7.48. The van der Waals surface area contributed by atoms with E-state index >= 15 is 0 Å². The minimum Gasteiger partial charge on any atom is -0.478 e. The van der Waals surface area contributed by atoms with Gasteiger partial charge in [-0.25, -0.2) is 9.37 Å². The average Bonchev–Trinajstić information content (AvgIpc) is 2.70. The second-order valence-corrected chi connectivity index (χ2v) is 7.48. The number of fused-ring (bicyclic) bond motifs is 2. The van der Waals surface area contributed by atoms with Crippen molar-refractivity contribution in [3.63, 3.8) is 0 Å². The number of hydrogen-bond acceptors (Lipinski definition) is 3. The maximum absolute atomic E-state index is 11.9. The smallest absolute Gasteiger partial charge is 0.336 e. The molecule has 2 aromatic rings. The third kappa shape index (κ3) is 3.25. The van der Waals surface area contributed by atoms with Crippen molar-refractivity contribution >= 4 is 22.6 Å². The van der Waals surface area contributed by atoms with Crippen LogP contribution in [0.2, 0.25) is 0 Å². The number of benzene rings is 3. The van der Waals surface area contributed by atoms with E-state index in [0.29, 0.717) is 5.56 Å². The molecule has 0 saturated heterocycles. The number of anilines is 1. The predicted octanol–water partition coefficient (Wildman–Crippen LogP) is 4.00. The normalized spacial score (nSPS) is 11.0. The van der Waals surface area contributed by atoms with Crippen molar-refractivity contribution in [1.29, 1.82) is 0 Å². The van der Waals surface area contributed by atoms with Crippen molar-refractivity contribution in [1.82, 2.24) is 4.58 Å². The molecule has 0 unspecified atom stereocenters. The van der Waals surface area contributed by atoms with Gasteiger partial charge in [-0.15, -0.1) is 0 Å². The van der Waals surface area contributed by atoms with Crippen molar-refractivity contribution in [3.8, 4) is 22.5 Å². The lowest BCUT2D eigenvalue weighted by molar-refractivity contribution is 0.0697. The Labute approximate surface area is 169 Å². The largest absolute Gasteiger partial charge is 0.478 e. The van der Waals surface area contributed by atoms with Gasteiger partial charge in [0, 0.05) is 48.4 Å². The first-order valence-electron chi connectivity index (χ1n) is 9.38. The Kier molecular flexibility index (Phi) is 4.59. The Morgan fingerprint density at radius 1 is 0.966 bits per heavy atom. The van der Waals surface area contributed by atoms with E-state index in [0.717, 1.165) is 38.9 Å². The van der Waals surface area contributed by atoms with Gasteiger partial charge < -0.3 is 14.4 Å². The Bertz CT molecular complexity index is 1280. The minimum absolute atomic E-state index is 0.273. The van der Waals surface area contributed by atoms with E-state index in [1.54, 1.807) is 12.1 Å². The standard InChI is InChI=1S/C24H22N2O3/c1-25(2)15-9-11-19-21(13-15)29-22-14-16(26(3)4)10-12-20(22)23(19)17-7-5-6-8-18(17)24(27)28/h5-14H,1-4H3/p+1. The molecule has 4 rings (SSSR count). The quantitative estimate of drug-likeness (QED) is 0.426. The number of carboxylic acid groups (broad SMARTS) is 1. The van der Waals surface area contributed by atoms with Gasteiger partial charge in [0.15, 0.2) is 0 Å². The van der Waals surface area contributed by atoms with Crippen LogP contribution in [0, 0.1) is 0 Å². The van der Waals surface area contributed by atoms with Gasteiger partial charge in [0.05, 0.1) is 11.6 Å². The Morgan fingerprint density at radius 3 is 2.41 bits per heavy atom. The van der Waals surface area contributed by atoms with Crippen LogP contribution >= 0.6 is 0 Å². The van der Waals surface area contributed by atoms with Crippen LogP contribution in [0.5, 0.6) is 0 Å². The third-order valence-corrected chi connectivity index (χ3v) is 5.15. The zero-order valence-corrected chi connectivity index (χ0v) is 16.9. The molecule has 29 heavy (non-hydrogen) atoms. The van der Waals surface area contributed by atoms with Crippen LogP contribution < -0.4 is 14.8 Å². The van der Waals surface area contributed by atoms with Gasteiger partial charge in [0.25, 0.3) is 0 Å². The molecular formula is C24H23N2O3+. The second kappa shape index (κ2) is 7.09. The van der Waals surface area contributed by atoms with Gasteiger partial charge in [0.2, 0.25) is 5.36 Å². The highest BCUT2D eigenvalue weighted by atomic mass is 16.4. The van der Waals surface area contributed by atoms with Gasteiger partial charge in [0.1, 0.15) is 25.4 Å². The zero-order valence-electron chi connectivity index (χ0n) is 16.9. The van der Waals surface area contributed by atoms with E-state index < -0.39 is 5.97 Å². The summed E-state index contributed by atoms with van der Waals surface area (Å²) in [7, 11) is 7.92. The summed E-state index contributed by atoms with van der Waals surface area (Å²) in [4.78, 5) is 13.9. The molecule has 0 atom stereocenters. The molecule has 0 bridgehead atoms. The van der Waals surface area contributed by atoms with Crippen LogP contribution in [-0.2, 0) is 0 Å². The SMILES string of the molecule is CN(C)c1ccc2c(-c3ccccc3C(=O)O)c3ccc(=[N+](C)C)cc-3oc2c1. The number of nitrogens with zero attached hydrogens (tertiary/aromatic N) is 2. The van der Waals surface area contributed by atoms with Crippen LogP contribution in [0.3, 0.4) is 0 Å². The molecule has 2 aliphatic rings. The fraction of sp³-hybridized carbons (Fsp3) is 0.167. The maximum atomic E-state index is 11.9. The van der Waals surface area contributed by atoms with Gasteiger partial charge >= 0.3 is 5.97 Å². The Balaban J connectivity index is 2.19. The predicted molar refractivity (Wildman–Crippen MR) is 117 cm³/mol. The average molecular weight is 387 g/mol. The van der Waals surface area contributed by atoms with E-state index in [1.165, 1.54) is 0 Å². The van der Waals surface area contributed by atoms with Crippen LogP contribution in [0.25, 0.3) is 33.4 Å². The third-order valence-electron chi connectivity index (χ3n) is 5.15. The van der Waals surface area contributed by atoms with E-state index in [4.69, 9.17) is 4.42 Å². The molecule has 5 nitrogen and oxygen atoms in total. The fourth-order valence-corrected chi connectivity index (χ4v) is 3.60. The van der Waals surface area contributed by atoms with Gasteiger partial charge in [-0.1, -0.05) is 18.2 Å². The molecule has 1 aliphatic carbocycles. The molecular weight excluding hydrogens is 364 g/mol. The topological polar surface area (TPSA) is 56.7 Å². The van der Waals surface area contributed by atoms with E-state index in [-0.39, 0.29) is 5.56 Å². The molecule has 146 valence electrons. The van der Waals surface area contributed by atoms with E-state index in [1.807, 2.05) is 86.2 Å². The summed E-state index contributed by atoms with van der Waals surface area (Å²) in [5.74, 6) is -0.229. The first-order valence-corrected chi connectivity index (χ1v) is 9.38. The van der Waals surface area contributed by atoms with Crippen LogP contribution in [-0.4, -0.2) is 39.3 Å². The molecule has 0 radical (unpaired) electrons. The highest BCUT2D eigenvalue weighted by Gasteiger charge is 2.21. The molecule has 5 heteroatoms. The molecule has 0 saturated carbocycles. The summed E-state index contributed by atoms with van der Waals surface area (Å²) in [6, 6.07) is 19.1. The lowest BCUT2D eigenvalue weighted by Gasteiger charge is -2.18. The molecule has 0 amide bonds. The lowest BCUT2D eigenvalue weighted by atomic mass is 9.90. The summed E-state index contributed by atoms with van der Waals surface area (Å²) in [5, 5.41) is 11.7. The van der Waals surface area contributed by atoms with Crippen molar-refractivity contribution in [2.75, 3.05) is 33.1 Å². The molecule has 0 aromatic heterocycles. The summed E-state index contributed by atoms with van der Waals surface area (Å²) >= 11 is 0. The molecule has 0 fully saturated rings. The van der Waals surface area contributed by atoms with Gasteiger partial charge in [-0.2, -0.15) is 0 Å². The van der Waals surface area contributed by atoms with E-state index in [2.05, 4.69) is 0 Å². The molecule has 1 N–H and O–H groups in total. The molecule has 1 aliphatic heterocycles. The minimum atomic E-state index is -0.947. The van der Waals surface area contributed by atoms with Gasteiger partial charge in [-0.05, 0) is 29.8 Å². The molecule has 1 heterocycles. The van der Waals surface area contributed by atoms with Crippen LogP contribution in [0.15, 0.2) is 65.1 Å². The fourth-order valence-electron chi connectivity index (χ4n) is 3.60. The lowest BCUT2D eigenvalue weighted by Crippen LogP contribution is -2.21. The van der Waals surface area contributed by atoms with Crippen molar-refractivity contribution in [3.05, 3.63) is 71.6 Å². The highest BCUT2D eigenvalue weighted by molar-refractivity contribution is 6.07. The number of carboxylic acids is 1. The molecule has 2 aromatic carbocycles. The van der Waals surface area contributed by atoms with Crippen LogP contribution in [0.4, 0.5) is 5.69 Å².